The highest BCUT2D eigenvalue weighted by molar-refractivity contribution is 6.01. The topological polar surface area (TPSA) is 198 Å². The molecule has 6 rings (SSSR count). The van der Waals surface area contributed by atoms with Gasteiger partial charge in [0.15, 0.2) is 11.6 Å². The van der Waals surface area contributed by atoms with Gasteiger partial charge in [-0.25, -0.2) is 0 Å². The maximum Gasteiger partial charge on any atom is 0.314 e. The molecule has 0 saturated heterocycles. The molecule has 12 nitrogen and oxygen atoms in total. The number of rotatable bonds is 32. The van der Waals surface area contributed by atoms with Crippen molar-refractivity contribution in [3.8, 4) is 11.5 Å². The molecule has 4 aromatic carbocycles. The second kappa shape index (κ2) is 31.7. The lowest BCUT2D eigenvalue weighted by atomic mass is 9.66. The van der Waals surface area contributed by atoms with E-state index in [1.165, 1.54) is 37.1 Å². The average molecular weight is 1050 g/mol. The van der Waals surface area contributed by atoms with Gasteiger partial charge < -0.3 is 40.6 Å². The van der Waals surface area contributed by atoms with Crippen LogP contribution in [0.5, 0.6) is 11.5 Å². The molecule has 77 heavy (non-hydrogen) atoms. The fourth-order valence-corrected chi connectivity index (χ4v) is 10.3. The second-order valence-corrected chi connectivity index (χ2v) is 21.0. The highest BCUT2D eigenvalue weighted by atomic mass is 16.5. The third kappa shape index (κ3) is 19.5. The molecule has 2 fully saturated rings. The number of aliphatic hydroxyl groups excluding tert-OH is 2. The maximum atomic E-state index is 14.3. The first-order chi connectivity index (χ1) is 37.3. The second-order valence-electron chi connectivity index (χ2n) is 21.0. The molecule has 6 N–H and O–H groups in total. The predicted molar refractivity (Wildman–Crippen MR) is 306 cm³/mol. The standard InChI is InChI=1S/C65H82N2O10/c1-3-5-7-9-11-13-43-74-55-37-25-51(26-38-55)63(72)76-57-33-19-47(20-34-57)23-41-59(68)61(70)65(45-49-15-29-53(66)30-16-49,46-50-17-31-54(67)32-18-50)62(71)60(69)42-24-48-21-35-58(36-22-48)77-64(73)52-27-39-56(40-28-52)75-44-14-12-10-8-6-4-2/h3-4,15-24,29-36,41-42,51-52,55-56,61-62,70-71H,1-2,5-14,25-28,37-40,43-46,66-67H2/b41-23+,42-24+. The number of carbonyl (C=O) groups excluding carboxylic acids is 4. The van der Waals surface area contributed by atoms with Gasteiger partial charge in [0, 0.05) is 30.0 Å². The summed E-state index contributed by atoms with van der Waals surface area (Å²) in [6.07, 6.45) is 23.0. The van der Waals surface area contributed by atoms with Crippen LogP contribution in [0.4, 0.5) is 11.4 Å². The molecule has 2 aliphatic carbocycles. The maximum absolute atomic E-state index is 14.3. The molecule has 412 valence electrons. The number of esters is 2. The monoisotopic (exact) mass is 1050 g/mol. The molecular weight excluding hydrogens is 969 g/mol. The van der Waals surface area contributed by atoms with Crippen LogP contribution < -0.4 is 20.9 Å². The largest absolute Gasteiger partial charge is 0.426 e. The van der Waals surface area contributed by atoms with Crippen molar-refractivity contribution in [2.45, 2.75) is 153 Å². The number of benzene rings is 4. The molecule has 2 saturated carbocycles. The van der Waals surface area contributed by atoms with E-state index >= 15 is 0 Å². The number of unbranched alkanes of at least 4 members (excludes halogenated alkanes) is 8. The van der Waals surface area contributed by atoms with Crippen LogP contribution in [-0.4, -0.2) is 71.3 Å². The minimum Gasteiger partial charge on any atom is -0.426 e. The van der Waals surface area contributed by atoms with Crippen molar-refractivity contribution in [1.82, 2.24) is 0 Å². The third-order valence-electron chi connectivity index (χ3n) is 15.1. The zero-order chi connectivity index (χ0) is 54.8. The van der Waals surface area contributed by atoms with Crippen molar-refractivity contribution < 1.29 is 48.3 Å². The fourth-order valence-electron chi connectivity index (χ4n) is 10.3. The van der Waals surface area contributed by atoms with Gasteiger partial charge in [0.2, 0.25) is 0 Å². The number of anilines is 2. The number of ether oxygens (including phenoxy) is 4. The van der Waals surface area contributed by atoms with Gasteiger partial charge in [0.25, 0.3) is 0 Å². The Labute approximate surface area is 456 Å². The van der Waals surface area contributed by atoms with Crippen LogP contribution in [-0.2, 0) is 41.5 Å². The van der Waals surface area contributed by atoms with E-state index in [2.05, 4.69) is 13.2 Å². The minimum atomic E-state index is -1.88. The van der Waals surface area contributed by atoms with Crippen molar-refractivity contribution >= 4 is 47.0 Å². The minimum absolute atomic E-state index is 0.0873. The van der Waals surface area contributed by atoms with Crippen LogP contribution in [0.1, 0.15) is 138 Å². The average Bonchev–Trinajstić information content (AvgIpc) is 3.48. The molecule has 2 atom stereocenters. The number of allylic oxidation sites excluding steroid dienone is 2. The molecule has 0 bridgehead atoms. The lowest BCUT2D eigenvalue weighted by molar-refractivity contribution is -0.146. The summed E-state index contributed by atoms with van der Waals surface area (Å²) in [5.41, 5.74) is 13.7. The van der Waals surface area contributed by atoms with E-state index in [0.29, 0.717) is 70.8 Å². The smallest absolute Gasteiger partial charge is 0.314 e. The summed E-state index contributed by atoms with van der Waals surface area (Å²) in [7, 11) is 0. The molecule has 0 aliphatic heterocycles. The Bertz CT molecular complexity index is 2340. The zero-order valence-corrected chi connectivity index (χ0v) is 45.0. The van der Waals surface area contributed by atoms with Gasteiger partial charge in [-0.3, -0.25) is 19.2 Å². The molecule has 12 heteroatoms. The highest BCUT2D eigenvalue weighted by Gasteiger charge is 2.49. The predicted octanol–water partition coefficient (Wildman–Crippen LogP) is 12.1. The van der Waals surface area contributed by atoms with E-state index in [0.717, 1.165) is 90.3 Å². The van der Waals surface area contributed by atoms with Crippen molar-refractivity contribution in [2.24, 2.45) is 17.3 Å². The van der Waals surface area contributed by atoms with Crippen molar-refractivity contribution in [3.63, 3.8) is 0 Å². The van der Waals surface area contributed by atoms with Gasteiger partial charge in [-0.1, -0.05) is 98.5 Å². The van der Waals surface area contributed by atoms with Crippen LogP contribution in [0.25, 0.3) is 12.2 Å². The number of nitrogen functional groups attached to an aromatic ring is 2. The summed E-state index contributed by atoms with van der Waals surface area (Å²) < 4.78 is 23.7. The number of nitrogens with two attached hydrogens (primary N) is 2. The molecule has 0 heterocycles. The number of hydrogen-bond donors (Lipinski definition) is 4. The SMILES string of the molecule is C=CCCCCCCOC1CCC(C(=O)Oc2ccc(/C=C/C(=O)C(O)C(Cc3ccc(N)cc3)(Cc3ccc(N)cc3)C(O)C(=O)/C=C/c3ccc(OC(=O)C4CCC(OCCCCCCC=C)CC4)cc3)cc2)CC1. The Kier molecular flexibility index (Phi) is 24.6. The number of aliphatic hydroxyl groups is 2. The Morgan fingerprint density at radius 2 is 0.857 bits per heavy atom. The molecular formula is C65H82N2O10. The van der Waals surface area contributed by atoms with E-state index in [1.54, 1.807) is 97.1 Å². The van der Waals surface area contributed by atoms with E-state index in [-0.39, 0.29) is 48.8 Å². The van der Waals surface area contributed by atoms with E-state index in [4.69, 9.17) is 30.4 Å². The summed E-state index contributed by atoms with van der Waals surface area (Å²) in [6.45, 7) is 9.03. The normalized spacial score (nSPS) is 18.6. The summed E-state index contributed by atoms with van der Waals surface area (Å²) in [5, 5.41) is 24.6. The third-order valence-corrected chi connectivity index (χ3v) is 15.1. The molecule has 0 spiro atoms. The van der Waals surface area contributed by atoms with E-state index < -0.39 is 29.2 Å². The van der Waals surface area contributed by atoms with Crippen LogP contribution in [0.15, 0.2) is 135 Å². The van der Waals surface area contributed by atoms with Crippen molar-refractivity contribution in [3.05, 3.63) is 157 Å². The summed E-state index contributed by atoms with van der Waals surface area (Å²) in [4.78, 5) is 54.8. The summed E-state index contributed by atoms with van der Waals surface area (Å²) in [5.74, 6) is -1.71. The van der Waals surface area contributed by atoms with Crippen LogP contribution in [0, 0.1) is 17.3 Å². The Morgan fingerprint density at radius 3 is 1.21 bits per heavy atom. The quantitative estimate of drug-likeness (QED) is 0.00903. The Morgan fingerprint density at radius 1 is 0.506 bits per heavy atom. The Hall–Kier alpha value is -6.44. The number of hydrogen-bond acceptors (Lipinski definition) is 12. The lowest BCUT2D eigenvalue weighted by Gasteiger charge is -2.40. The van der Waals surface area contributed by atoms with E-state index in [9.17, 15) is 29.4 Å². The van der Waals surface area contributed by atoms with Gasteiger partial charge in [0.1, 0.15) is 23.7 Å². The zero-order valence-electron chi connectivity index (χ0n) is 45.0. The molecule has 2 unspecified atom stereocenters. The van der Waals surface area contributed by atoms with Crippen LogP contribution in [0.3, 0.4) is 0 Å². The summed E-state index contributed by atoms with van der Waals surface area (Å²) in [6, 6.07) is 27.1. The van der Waals surface area contributed by atoms with Gasteiger partial charge >= 0.3 is 11.9 Å². The Balaban J connectivity index is 1.08. The first-order valence-electron chi connectivity index (χ1n) is 27.9. The van der Waals surface area contributed by atoms with Crippen LogP contribution in [0.2, 0.25) is 0 Å². The number of carbonyl (C=O) groups is 4. The van der Waals surface area contributed by atoms with E-state index in [1.807, 2.05) is 12.2 Å². The molecule has 0 radical (unpaired) electrons. The van der Waals surface area contributed by atoms with Crippen LogP contribution >= 0.6 is 0 Å². The first kappa shape index (κ1) is 59.8. The fraction of sp³-hybridized carbons (Fsp3) is 0.446. The van der Waals surface area contributed by atoms with Crippen molar-refractivity contribution in [2.75, 3.05) is 24.7 Å². The van der Waals surface area contributed by atoms with Gasteiger partial charge in [0.05, 0.1) is 24.0 Å². The van der Waals surface area contributed by atoms with Crippen molar-refractivity contribution in [1.29, 1.82) is 0 Å². The molecule has 0 amide bonds. The summed E-state index contributed by atoms with van der Waals surface area (Å²) >= 11 is 0. The molecule has 0 aromatic heterocycles. The highest BCUT2D eigenvalue weighted by Crippen LogP contribution is 2.39. The lowest BCUT2D eigenvalue weighted by Crippen LogP contribution is -2.54. The molecule has 4 aromatic rings. The van der Waals surface area contributed by atoms with Gasteiger partial charge in [-0.2, -0.15) is 0 Å². The van der Waals surface area contributed by atoms with Gasteiger partial charge in [-0.15, -0.1) is 13.2 Å². The molecule has 2 aliphatic rings. The van der Waals surface area contributed by atoms with Gasteiger partial charge in [-0.05, 0) is 186 Å². The number of ketones is 2. The first-order valence-corrected chi connectivity index (χ1v) is 27.9.